The van der Waals surface area contributed by atoms with E-state index in [1.807, 2.05) is 11.0 Å². The Bertz CT molecular complexity index is 1690. The van der Waals surface area contributed by atoms with E-state index in [2.05, 4.69) is 15.5 Å². The van der Waals surface area contributed by atoms with Gasteiger partial charge < -0.3 is 20.3 Å². The molecule has 0 unspecified atom stereocenters. The lowest BCUT2D eigenvalue weighted by Gasteiger charge is -2.36. The quantitative estimate of drug-likeness (QED) is 0.165. The first-order valence-corrected chi connectivity index (χ1v) is 16.4. The van der Waals surface area contributed by atoms with Crippen LogP contribution in [-0.2, 0) is 31.2 Å². The topological polar surface area (TPSA) is 201 Å². The van der Waals surface area contributed by atoms with E-state index in [0.717, 1.165) is 19.6 Å². The van der Waals surface area contributed by atoms with Crippen LogP contribution in [0.15, 0.2) is 76.5 Å². The number of piperazine rings is 1. The van der Waals surface area contributed by atoms with Crippen LogP contribution in [0, 0.1) is 5.41 Å². The fourth-order valence-corrected chi connectivity index (χ4v) is 5.74. The van der Waals surface area contributed by atoms with Gasteiger partial charge in [-0.15, -0.1) is 0 Å². The number of carbonyl (C=O) groups excluding carboxylic acids is 1. The largest absolute Gasteiger partial charge is 0.383 e. The highest BCUT2D eigenvalue weighted by Crippen LogP contribution is 2.24. The van der Waals surface area contributed by atoms with Crippen LogP contribution in [0.5, 0.6) is 0 Å². The molecular weight excluding hydrogens is 594 g/mol. The van der Waals surface area contributed by atoms with Gasteiger partial charge in [0, 0.05) is 56.8 Å². The summed E-state index contributed by atoms with van der Waals surface area (Å²) in [6.45, 7) is 4.60. The molecule has 0 atom stereocenters. The Balaban J connectivity index is 1.46. The highest BCUT2D eigenvalue weighted by atomic mass is 32.2. The first kappa shape index (κ1) is 32.1. The van der Waals surface area contributed by atoms with Gasteiger partial charge in [0.2, 0.25) is 20.0 Å². The fourth-order valence-electron chi connectivity index (χ4n) is 4.66. The lowest BCUT2D eigenvalue weighted by molar-refractivity contribution is 0.120. The molecule has 1 saturated heterocycles. The van der Waals surface area contributed by atoms with Crippen molar-refractivity contribution in [2.75, 3.05) is 57.1 Å². The van der Waals surface area contributed by atoms with Gasteiger partial charge in [0.25, 0.3) is 0 Å². The van der Waals surface area contributed by atoms with E-state index in [1.54, 1.807) is 37.4 Å². The number of hydrogen-bond donors (Lipinski definition) is 5. The molecule has 1 aliphatic rings. The van der Waals surface area contributed by atoms with Gasteiger partial charge in [0.05, 0.1) is 16.4 Å². The number of amides is 2. The van der Waals surface area contributed by atoms with Gasteiger partial charge in [-0.2, -0.15) is 0 Å². The number of carbonyl (C=O) groups is 1. The number of amidine groups is 1. The van der Waals surface area contributed by atoms with E-state index >= 15 is 0 Å². The lowest BCUT2D eigenvalue weighted by Crippen LogP contribution is -2.49. The number of nitrogens with zero attached hydrogens (tertiary/aromatic N) is 2. The monoisotopic (exact) mass is 629 g/mol. The number of ether oxygens (including phenoxy) is 1. The number of primary sulfonamides is 2. The summed E-state index contributed by atoms with van der Waals surface area (Å²) in [5.41, 5.74) is 2.54. The molecule has 0 aromatic heterocycles. The zero-order chi connectivity index (χ0) is 31.2. The highest BCUT2D eigenvalue weighted by Gasteiger charge is 2.20. The number of rotatable bonds is 10. The van der Waals surface area contributed by atoms with Gasteiger partial charge >= 0.3 is 6.03 Å². The molecule has 2 amide bonds. The molecule has 1 heterocycles. The maximum absolute atomic E-state index is 13.0. The van der Waals surface area contributed by atoms with Crippen molar-refractivity contribution in [3.63, 3.8) is 0 Å². The van der Waals surface area contributed by atoms with E-state index in [0.29, 0.717) is 53.6 Å². The fraction of sp³-hybridized carbons (Fsp3) is 0.286. The van der Waals surface area contributed by atoms with Gasteiger partial charge in [-0.05, 0) is 60.0 Å². The second-order valence-corrected chi connectivity index (χ2v) is 13.2. The van der Waals surface area contributed by atoms with Crippen LogP contribution < -0.4 is 20.9 Å². The smallest absolute Gasteiger partial charge is 0.323 e. The molecule has 15 heteroatoms. The van der Waals surface area contributed by atoms with Crippen molar-refractivity contribution < 1.29 is 26.4 Å². The van der Waals surface area contributed by atoms with Crippen molar-refractivity contribution in [1.82, 2.24) is 9.80 Å². The number of benzene rings is 3. The Hall–Kier alpha value is -3.86. The van der Waals surface area contributed by atoms with Crippen LogP contribution in [0.3, 0.4) is 0 Å². The Labute approximate surface area is 251 Å². The summed E-state index contributed by atoms with van der Waals surface area (Å²) in [5, 5.41) is 24.7. The number of hydrogen-bond acceptors (Lipinski definition) is 8. The minimum atomic E-state index is -4.02. The van der Waals surface area contributed by atoms with Gasteiger partial charge in [0.15, 0.2) is 0 Å². The number of anilines is 2. The predicted molar refractivity (Wildman–Crippen MR) is 164 cm³/mol. The molecular formula is C28H35N7O6S2. The summed E-state index contributed by atoms with van der Waals surface area (Å²) in [7, 11) is -6.22. The van der Waals surface area contributed by atoms with Gasteiger partial charge in [0.1, 0.15) is 5.84 Å². The first-order chi connectivity index (χ1) is 20.3. The molecule has 4 rings (SSSR count). The zero-order valence-corrected chi connectivity index (χ0v) is 25.2. The summed E-state index contributed by atoms with van der Waals surface area (Å²) < 4.78 is 52.3. The third-order valence-electron chi connectivity index (χ3n) is 6.99. The summed E-state index contributed by atoms with van der Waals surface area (Å²) in [5.74, 6) is 0.366. The van der Waals surface area contributed by atoms with Crippen molar-refractivity contribution in [2.45, 2.75) is 16.2 Å². The normalized spacial score (nSPS) is 14.3. The van der Waals surface area contributed by atoms with Crippen LogP contribution in [-0.4, -0.2) is 84.9 Å². The van der Waals surface area contributed by atoms with E-state index in [9.17, 15) is 21.6 Å². The van der Waals surface area contributed by atoms with Gasteiger partial charge in [-0.1, -0.05) is 24.3 Å². The molecule has 43 heavy (non-hydrogen) atoms. The molecule has 0 spiro atoms. The van der Waals surface area contributed by atoms with Crippen LogP contribution in [0.4, 0.5) is 16.2 Å². The molecule has 0 saturated carbocycles. The van der Waals surface area contributed by atoms with Crippen LogP contribution in [0.1, 0.15) is 16.7 Å². The molecule has 3 aromatic carbocycles. The maximum atomic E-state index is 13.0. The molecule has 7 N–H and O–H groups in total. The van der Waals surface area contributed by atoms with Crippen LogP contribution >= 0.6 is 0 Å². The van der Waals surface area contributed by atoms with Gasteiger partial charge in [-0.3, -0.25) is 10.3 Å². The SMILES string of the molecule is COCCN1CCN(C(=N)c2cccc(NC(=O)Nc3ccc(S(N)(=O)=O)cc3Cc3ccc(S(N)(=O)=O)cc3)c2)CC1. The third-order valence-corrected chi connectivity index (χ3v) is 8.83. The Morgan fingerprint density at radius 1 is 0.884 bits per heavy atom. The molecule has 0 bridgehead atoms. The van der Waals surface area contributed by atoms with E-state index in [1.165, 1.54) is 30.3 Å². The van der Waals surface area contributed by atoms with Crippen molar-refractivity contribution in [2.24, 2.45) is 10.3 Å². The van der Waals surface area contributed by atoms with Crippen molar-refractivity contribution >= 4 is 43.3 Å². The van der Waals surface area contributed by atoms with E-state index < -0.39 is 26.1 Å². The van der Waals surface area contributed by atoms with Crippen LogP contribution in [0.2, 0.25) is 0 Å². The predicted octanol–water partition coefficient (Wildman–Crippen LogP) is 1.81. The van der Waals surface area contributed by atoms with Crippen molar-refractivity contribution in [3.05, 3.63) is 83.4 Å². The van der Waals surface area contributed by atoms with Crippen molar-refractivity contribution in [1.29, 1.82) is 5.41 Å². The van der Waals surface area contributed by atoms with E-state index in [4.69, 9.17) is 20.4 Å². The van der Waals surface area contributed by atoms with Crippen molar-refractivity contribution in [3.8, 4) is 0 Å². The number of sulfonamides is 2. The number of nitrogens with one attached hydrogen (secondary N) is 3. The number of methoxy groups -OCH3 is 1. The Morgan fingerprint density at radius 3 is 2.16 bits per heavy atom. The molecule has 230 valence electrons. The number of nitrogens with two attached hydrogens (primary N) is 2. The molecule has 1 aliphatic heterocycles. The molecule has 13 nitrogen and oxygen atoms in total. The highest BCUT2D eigenvalue weighted by molar-refractivity contribution is 7.89. The molecule has 1 fully saturated rings. The summed E-state index contributed by atoms with van der Waals surface area (Å²) in [4.78, 5) is 17.1. The Kier molecular flexibility index (Phi) is 10.2. The minimum absolute atomic E-state index is 0.0630. The summed E-state index contributed by atoms with van der Waals surface area (Å²) in [6.07, 6.45) is 0.162. The maximum Gasteiger partial charge on any atom is 0.323 e. The van der Waals surface area contributed by atoms with Crippen LogP contribution in [0.25, 0.3) is 0 Å². The lowest BCUT2D eigenvalue weighted by atomic mass is 10.0. The second-order valence-electron chi connectivity index (χ2n) is 10.1. The Morgan fingerprint density at radius 2 is 1.53 bits per heavy atom. The van der Waals surface area contributed by atoms with E-state index in [-0.39, 0.29) is 16.2 Å². The molecule has 0 radical (unpaired) electrons. The zero-order valence-electron chi connectivity index (χ0n) is 23.6. The van der Waals surface area contributed by atoms with Gasteiger partial charge in [-0.25, -0.2) is 31.9 Å². The standard InChI is InChI=1S/C28H35N7O6S2/c1-41-16-15-34-11-13-35(14-12-34)27(29)21-3-2-4-23(18-21)32-28(36)33-26-10-9-25(43(31,39)40)19-22(26)17-20-5-7-24(8-6-20)42(30,37)38/h2-10,18-19,29H,11-17H2,1H3,(H2,30,37,38)(H2,31,39,40)(H2,32,33,36). The summed E-state index contributed by atoms with van der Waals surface area (Å²) >= 11 is 0. The molecule has 3 aromatic rings. The summed E-state index contributed by atoms with van der Waals surface area (Å²) in [6, 6.07) is 16.3. The molecule has 0 aliphatic carbocycles. The first-order valence-electron chi connectivity index (χ1n) is 13.3. The average molecular weight is 630 g/mol. The third kappa shape index (κ3) is 8.82. The minimum Gasteiger partial charge on any atom is -0.383 e. The number of urea groups is 1. The second kappa shape index (κ2) is 13.6. The average Bonchev–Trinajstić information content (AvgIpc) is 2.96.